The molecule has 0 fully saturated rings. The number of aldehydes is 1. The van der Waals surface area contributed by atoms with Crippen LogP contribution in [0.4, 0.5) is 0 Å². The lowest BCUT2D eigenvalue weighted by Gasteiger charge is -2.12. The summed E-state index contributed by atoms with van der Waals surface area (Å²) < 4.78 is 4.86. The molecule has 1 aromatic rings. The molecule has 1 aromatic carbocycles. The fourth-order valence-corrected chi connectivity index (χ4v) is 1.36. The molecule has 0 amide bonds. The summed E-state index contributed by atoms with van der Waals surface area (Å²) in [6.07, 6.45) is -1.40. The molecule has 0 heterocycles. The number of aliphatic carboxylic acids is 1. The van der Waals surface area contributed by atoms with E-state index in [1.165, 1.54) is 13.2 Å². The highest BCUT2D eigenvalue weighted by Crippen LogP contribution is 2.28. The molecule has 2 N–H and O–H groups in total. The molecule has 0 spiro atoms. The van der Waals surface area contributed by atoms with Crippen molar-refractivity contribution in [3.8, 4) is 11.8 Å². The summed E-state index contributed by atoms with van der Waals surface area (Å²) in [5.74, 6) is -1.46. The van der Waals surface area contributed by atoms with Crippen molar-refractivity contribution in [2.45, 2.75) is 6.10 Å². The third-order valence-corrected chi connectivity index (χ3v) is 2.15. The average Bonchev–Trinajstić information content (AvgIpc) is 2.35. The van der Waals surface area contributed by atoms with Crippen molar-refractivity contribution in [3.63, 3.8) is 0 Å². The van der Waals surface area contributed by atoms with Crippen LogP contribution in [0, 0.1) is 11.3 Å². The Morgan fingerprint density at radius 2 is 2.24 bits per heavy atom. The van der Waals surface area contributed by atoms with E-state index in [9.17, 15) is 14.7 Å². The Balaban J connectivity index is 3.51. The Labute approximate surface area is 96.7 Å². The van der Waals surface area contributed by atoms with Gasteiger partial charge in [0, 0.05) is 11.1 Å². The van der Waals surface area contributed by atoms with Crippen LogP contribution in [-0.4, -0.2) is 29.6 Å². The first-order valence-corrected chi connectivity index (χ1v) is 4.53. The highest BCUT2D eigenvalue weighted by atomic mass is 16.5. The summed E-state index contributed by atoms with van der Waals surface area (Å²) in [6, 6.07) is 4.18. The van der Waals surface area contributed by atoms with Crippen molar-refractivity contribution in [2.24, 2.45) is 0 Å². The van der Waals surface area contributed by atoms with E-state index >= 15 is 0 Å². The molecular weight excluding hydrogens is 226 g/mol. The lowest BCUT2D eigenvalue weighted by Crippen LogP contribution is -2.13. The van der Waals surface area contributed by atoms with Crippen LogP contribution in [0.3, 0.4) is 0 Å². The van der Waals surface area contributed by atoms with Crippen LogP contribution in [0.25, 0.3) is 0 Å². The van der Waals surface area contributed by atoms with Gasteiger partial charge in [0.15, 0.2) is 6.10 Å². The van der Waals surface area contributed by atoms with Gasteiger partial charge < -0.3 is 14.9 Å². The minimum Gasteiger partial charge on any atom is -0.495 e. The summed E-state index contributed by atoms with van der Waals surface area (Å²) >= 11 is 0. The number of ether oxygens (including phenoxy) is 1. The van der Waals surface area contributed by atoms with Gasteiger partial charge in [-0.15, -0.1) is 0 Å². The minimum atomic E-state index is -1.88. The molecular formula is C11H9NO5. The predicted octanol–water partition coefficient (Wildman–Crippen LogP) is 0.497. The second kappa shape index (κ2) is 5.09. The van der Waals surface area contributed by atoms with E-state index in [0.29, 0.717) is 6.29 Å². The Kier molecular flexibility index (Phi) is 3.80. The van der Waals surface area contributed by atoms with Gasteiger partial charge in [-0.2, -0.15) is 5.26 Å². The zero-order valence-electron chi connectivity index (χ0n) is 8.88. The number of methoxy groups -OCH3 is 1. The molecule has 88 valence electrons. The van der Waals surface area contributed by atoms with Gasteiger partial charge in [-0.3, -0.25) is 4.79 Å². The number of benzene rings is 1. The zero-order chi connectivity index (χ0) is 13.0. The lowest BCUT2D eigenvalue weighted by atomic mass is 9.99. The third-order valence-electron chi connectivity index (χ3n) is 2.15. The van der Waals surface area contributed by atoms with Gasteiger partial charge in [0.25, 0.3) is 0 Å². The fourth-order valence-electron chi connectivity index (χ4n) is 1.36. The second-order valence-corrected chi connectivity index (χ2v) is 3.16. The first-order chi connectivity index (χ1) is 8.04. The maximum atomic E-state index is 10.7. The molecule has 0 saturated carbocycles. The molecule has 6 nitrogen and oxygen atoms in total. The van der Waals surface area contributed by atoms with Gasteiger partial charge in [0.2, 0.25) is 0 Å². The summed E-state index contributed by atoms with van der Waals surface area (Å²) in [6.45, 7) is 0. The van der Waals surface area contributed by atoms with Crippen LogP contribution in [0.2, 0.25) is 0 Å². The molecule has 6 heteroatoms. The molecule has 1 atom stereocenters. The first-order valence-electron chi connectivity index (χ1n) is 4.53. The van der Waals surface area contributed by atoms with E-state index in [1.54, 1.807) is 6.07 Å². The van der Waals surface area contributed by atoms with E-state index in [-0.39, 0.29) is 22.4 Å². The molecule has 1 unspecified atom stereocenters. The average molecular weight is 235 g/mol. The number of hydrogen-bond acceptors (Lipinski definition) is 5. The van der Waals surface area contributed by atoms with Crippen LogP contribution in [-0.2, 0) is 4.79 Å². The first kappa shape index (κ1) is 12.7. The predicted molar refractivity (Wildman–Crippen MR) is 55.7 cm³/mol. The zero-order valence-corrected chi connectivity index (χ0v) is 8.88. The van der Waals surface area contributed by atoms with Crippen LogP contribution < -0.4 is 4.74 Å². The number of carbonyl (C=O) groups excluding carboxylic acids is 1. The van der Waals surface area contributed by atoms with Gasteiger partial charge in [0.1, 0.15) is 23.7 Å². The van der Waals surface area contributed by atoms with Gasteiger partial charge in [-0.25, -0.2) is 4.79 Å². The van der Waals surface area contributed by atoms with Crippen molar-refractivity contribution < 1.29 is 24.5 Å². The van der Waals surface area contributed by atoms with E-state index in [4.69, 9.17) is 15.1 Å². The number of nitrogens with zero attached hydrogens (tertiary/aromatic N) is 1. The maximum absolute atomic E-state index is 10.7. The third kappa shape index (κ3) is 2.41. The van der Waals surface area contributed by atoms with Crippen molar-refractivity contribution in [3.05, 3.63) is 28.8 Å². The fraction of sp³-hybridized carbons (Fsp3) is 0.182. The number of aliphatic hydroxyl groups is 1. The topological polar surface area (TPSA) is 108 Å². The van der Waals surface area contributed by atoms with Crippen molar-refractivity contribution in [1.82, 2.24) is 0 Å². The Hall–Kier alpha value is -2.39. The molecule has 0 aliphatic carbocycles. The molecule has 0 aliphatic heterocycles. The standard InChI is InChI=1S/C11H9NO5/c1-17-9-3-6(5-13)2-7(8(9)4-12)10(14)11(15)16/h2-3,5,10,14H,1H3,(H,15,16). The molecule has 0 bridgehead atoms. The van der Waals surface area contributed by atoms with Gasteiger partial charge in [-0.1, -0.05) is 0 Å². The maximum Gasteiger partial charge on any atom is 0.337 e. The summed E-state index contributed by atoms with van der Waals surface area (Å²) in [7, 11) is 1.28. The molecule has 0 saturated heterocycles. The molecule has 17 heavy (non-hydrogen) atoms. The van der Waals surface area contributed by atoms with Crippen LogP contribution in [0.1, 0.15) is 27.6 Å². The smallest absolute Gasteiger partial charge is 0.337 e. The minimum absolute atomic E-state index is 0.0485. The van der Waals surface area contributed by atoms with Crippen molar-refractivity contribution >= 4 is 12.3 Å². The summed E-state index contributed by atoms with van der Waals surface area (Å²) in [4.78, 5) is 21.3. The SMILES string of the molecule is COc1cc(C=O)cc(C(O)C(=O)O)c1C#N. The highest BCUT2D eigenvalue weighted by Gasteiger charge is 2.23. The monoisotopic (exact) mass is 235 g/mol. The van der Waals surface area contributed by atoms with E-state index < -0.39 is 12.1 Å². The number of hydrogen-bond donors (Lipinski definition) is 2. The quantitative estimate of drug-likeness (QED) is 0.735. The largest absolute Gasteiger partial charge is 0.495 e. The number of carbonyl (C=O) groups is 2. The van der Waals surface area contributed by atoms with Gasteiger partial charge in [0.05, 0.1) is 7.11 Å². The van der Waals surface area contributed by atoms with E-state index in [1.807, 2.05) is 0 Å². The number of nitriles is 1. The summed E-state index contributed by atoms with van der Waals surface area (Å²) in [5.41, 5.74) is -0.148. The van der Waals surface area contributed by atoms with E-state index in [2.05, 4.69) is 0 Å². The second-order valence-electron chi connectivity index (χ2n) is 3.16. The van der Waals surface area contributed by atoms with Crippen molar-refractivity contribution in [1.29, 1.82) is 5.26 Å². The van der Waals surface area contributed by atoms with Crippen molar-refractivity contribution in [2.75, 3.05) is 7.11 Å². The highest BCUT2D eigenvalue weighted by molar-refractivity contribution is 5.81. The molecule has 0 radical (unpaired) electrons. The van der Waals surface area contributed by atoms with Gasteiger partial charge in [-0.05, 0) is 12.1 Å². The molecule has 1 rings (SSSR count). The molecule has 0 aliphatic rings. The van der Waals surface area contributed by atoms with Crippen LogP contribution >= 0.6 is 0 Å². The Bertz CT molecular complexity index is 503. The lowest BCUT2D eigenvalue weighted by molar-refractivity contribution is -0.146. The summed E-state index contributed by atoms with van der Waals surface area (Å²) in [5, 5.41) is 27.0. The Morgan fingerprint density at radius 1 is 1.59 bits per heavy atom. The van der Waals surface area contributed by atoms with E-state index in [0.717, 1.165) is 6.07 Å². The Morgan fingerprint density at radius 3 is 2.65 bits per heavy atom. The van der Waals surface area contributed by atoms with Crippen LogP contribution in [0.5, 0.6) is 5.75 Å². The number of aliphatic hydroxyl groups excluding tert-OH is 1. The molecule has 0 aromatic heterocycles. The van der Waals surface area contributed by atoms with Gasteiger partial charge >= 0.3 is 5.97 Å². The normalized spacial score (nSPS) is 11.4. The van der Waals surface area contributed by atoms with Crippen LogP contribution in [0.15, 0.2) is 12.1 Å². The number of carboxylic acid groups (broad SMARTS) is 1. The number of carboxylic acids is 1. The number of rotatable bonds is 4.